The van der Waals surface area contributed by atoms with Crippen molar-refractivity contribution in [3.8, 4) is 44.5 Å². The molecular weight excluding hydrogens is 687 g/mol. The van der Waals surface area contributed by atoms with Crippen LogP contribution in [0, 0.1) is 0 Å². The van der Waals surface area contributed by atoms with E-state index in [-0.39, 0.29) is 10.8 Å². The van der Waals surface area contributed by atoms with E-state index in [0.717, 1.165) is 0 Å². The average molecular weight is 726 g/mol. The normalized spacial score (nSPS) is 14.9. The molecule has 0 radical (unpaired) electrons. The second-order valence-corrected chi connectivity index (χ2v) is 17.6. The van der Waals surface area contributed by atoms with Crippen LogP contribution < -0.4 is 0 Å². The minimum absolute atomic E-state index is 0.143. The lowest BCUT2D eigenvalue weighted by Gasteiger charge is -2.26. The van der Waals surface area contributed by atoms with Crippen molar-refractivity contribution in [2.75, 3.05) is 0 Å². The van der Waals surface area contributed by atoms with E-state index in [1.807, 2.05) is 0 Å². The molecule has 0 amide bonds. The summed E-state index contributed by atoms with van der Waals surface area (Å²) in [6.07, 6.45) is 0. The largest absolute Gasteiger partial charge is 0.308 e. The summed E-state index contributed by atoms with van der Waals surface area (Å²) in [6.45, 7) is 9.65. The van der Waals surface area contributed by atoms with Gasteiger partial charge in [-0.05, 0) is 100 Å². The Morgan fingerprint density at radius 2 is 0.719 bits per heavy atom. The third-order valence-electron chi connectivity index (χ3n) is 14.0. The Balaban J connectivity index is 1.21. The van der Waals surface area contributed by atoms with Crippen LogP contribution in [0.4, 0.5) is 0 Å². The number of benzene rings is 9. The fourth-order valence-corrected chi connectivity index (χ4v) is 11.8. The van der Waals surface area contributed by atoms with E-state index < -0.39 is 0 Å². The summed E-state index contributed by atoms with van der Waals surface area (Å²) in [5.41, 5.74) is 20.0. The molecule has 0 fully saturated rings. The third kappa shape index (κ3) is 3.76. The van der Waals surface area contributed by atoms with Gasteiger partial charge >= 0.3 is 0 Å². The summed E-state index contributed by atoms with van der Waals surface area (Å²) in [4.78, 5) is 0. The highest BCUT2D eigenvalue weighted by Crippen LogP contribution is 2.57. The molecule has 2 aromatic heterocycles. The number of aromatic nitrogens is 1. The van der Waals surface area contributed by atoms with E-state index in [1.165, 1.54) is 126 Å². The van der Waals surface area contributed by atoms with Gasteiger partial charge < -0.3 is 4.40 Å². The first-order valence-corrected chi connectivity index (χ1v) is 20.4. The first-order valence-electron chi connectivity index (χ1n) is 20.4. The van der Waals surface area contributed by atoms with Crippen molar-refractivity contribution in [3.63, 3.8) is 0 Å². The maximum absolute atomic E-state index is 2.62. The molecule has 0 N–H and O–H groups in total. The number of hydrogen-bond donors (Lipinski definition) is 0. The van der Waals surface area contributed by atoms with Crippen molar-refractivity contribution < 1.29 is 0 Å². The quantitative estimate of drug-likeness (QED) is 0.167. The van der Waals surface area contributed by atoms with Crippen LogP contribution in [0.5, 0.6) is 0 Å². The van der Waals surface area contributed by atoms with Crippen LogP contribution in [-0.2, 0) is 10.8 Å². The molecule has 0 aliphatic heterocycles. The molecule has 1 nitrogen and oxygen atoms in total. The lowest BCUT2D eigenvalue weighted by molar-refractivity contribution is 0.662. The summed E-state index contributed by atoms with van der Waals surface area (Å²) >= 11 is 0. The van der Waals surface area contributed by atoms with E-state index in [2.05, 4.69) is 196 Å². The Hall–Kier alpha value is -6.70. The molecule has 268 valence electrons. The monoisotopic (exact) mass is 725 g/mol. The van der Waals surface area contributed by atoms with Gasteiger partial charge in [-0.2, -0.15) is 0 Å². The van der Waals surface area contributed by atoms with Crippen molar-refractivity contribution in [3.05, 3.63) is 186 Å². The molecule has 0 saturated heterocycles. The van der Waals surface area contributed by atoms with Gasteiger partial charge in [0.2, 0.25) is 0 Å². The maximum atomic E-state index is 2.62. The van der Waals surface area contributed by atoms with Crippen LogP contribution in [0.3, 0.4) is 0 Å². The van der Waals surface area contributed by atoms with Crippen molar-refractivity contribution >= 4 is 59.6 Å². The minimum Gasteiger partial charge on any atom is -0.308 e. The number of hydrogen-bond acceptors (Lipinski definition) is 0. The minimum atomic E-state index is -0.143. The zero-order valence-electron chi connectivity index (χ0n) is 32.5. The van der Waals surface area contributed by atoms with E-state index >= 15 is 0 Å². The second-order valence-electron chi connectivity index (χ2n) is 17.6. The Bertz CT molecular complexity index is 3340. The number of fused-ring (bicyclic) bond motifs is 14. The third-order valence-corrected chi connectivity index (χ3v) is 14.0. The molecule has 0 saturated carbocycles. The van der Waals surface area contributed by atoms with Gasteiger partial charge in [-0.1, -0.05) is 179 Å². The van der Waals surface area contributed by atoms with E-state index in [4.69, 9.17) is 0 Å². The van der Waals surface area contributed by atoms with Crippen molar-refractivity contribution in [1.82, 2.24) is 4.40 Å². The van der Waals surface area contributed by atoms with Gasteiger partial charge in [0.05, 0.1) is 16.6 Å². The molecule has 0 atom stereocenters. The Morgan fingerprint density at radius 1 is 0.351 bits per heavy atom. The van der Waals surface area contributed by atoms with Crippen LogP contribution in [-0.4, -0.2) is 4.40 Å². The molecule has 2 heterocycles. The van der Waals surface area contributed by atoms with Crippen LogP contribution in [0.15, 0.2) is 164 Å². The number of nitrogens with zero attached hydrogens (tertiary/aromatic N) is 1. The Labute approximate surface area is 331 Å². The summed E-state index contributed by atoms with van der Waals surface area (Å²) in [6, 6.07) is 62.2. The fourth-order valence-electron chi connectivity index (χ4n) is 11.8. The van der Waals surface area contributed by atoms with Crippen LogP contribution >= 0.6 is 0 Å². The Morgan fingerprint density at radius 3 is 1.21 bits per heavy atom. The summed E-state index contributed by atoms with van der Waals surface area (Å²) in [7, 11) is 0. The standard InChI is InChI=1S/C56H39N/c1-55(2)44-28-11-9-20-36(44)38-22-13-24-40(52(38)55)48-34-18-7-5-16-32(34)30-46-50(48)42-26-15-27-43-51-47(57(46)54(42)43)31-33-17-6-8-19-35(33)49(51)41-25-14-23-39-37-21-10-12-29-45(37)56(3,4)53(39)41/h5-31H,1-4H3. The zero-order valence-corrected chi connectivity index (χ0v) is 32.5. The van der Waals surface area contributed by atoms with E-state index in [0.29, 0.717) is 0 Å². The molecule has 1 heteroatoms. The molecule has 0 unspecified atom stereocenters. The summed E-state index contributed by atoms with van der Waals surface area (Å²) < 4.78 is 2.62. The molecule has 13 rings (SSSR count). The highest BCUT2D eigenvalue weighted by Gasteiger charge is 2.40. The van der Waals surface area contributed by atoms with E-state index in [9.17, 15) is 0 Å². The van der Waals surface area contributed by atoms with Crippen LogP contribution in [0.2, 0.25) is 0 Å². The van der Waals surface area contributed by atoms with Gasteiger partial charge in [0, 0.05) is 32.4 Å². The van der Waals surface area contributed by atoms with Gasteiger partial charge in [-0.25, -0.2) is 0 Å². The highest BCUT2D eigenvalue weighted by molar-refractivity contribution is 6.33. The molecule has 0 bridgehead atoms. The fraction of sp³-hybridized carbons (Fsp3) is 0.107. The van der Waals surface area contributed by atoms with Gasteiger partial charge in [-0.3, -0.25) is 0 Å². The van der Waals surface area contributed by atoms with Gasteiger partial charge in [-0.15, -0.1) is 0 Å². The first-order chi connectivity index (χ1) is 27.8. The van der Waals surface area contributed by atoms with Crippen molar-refractivity contribution in [1.29, 1.82) is 0 Å². The summed E-state index contributed by atoms with van der Waals surface area (Å²) in [5, 5.41) is 10.4. The molecule has 0 spiro atoms. The topological polar surface area (TPSA) is 4.41 Å². The second kappa shape index (κ2) is 10.6. The van der Waals surface area contributed by atoms with E-state index in [1.54, 1.807) is 0 Å². The molecule has 11 aromatic rings. The maximum Gasteiger partial charge on any atom is 0.0620 e. The highest BCUT2D eigenvalue weighted by atomic mass is 14.9. The lowest BCUT2D eigenvalue weighted by atomic mass is 9.77. The lowest BCUT2D eigenvalue weighted by Crippen LogP contribution is -2.16. The molecular formula is C56H39N. The SMILES string of the molecule is CC1(C)c2ccccc2-c2cccc(-c3c4ccccc4cc4c3c3cccc5c6c(-c7cccc8c7C(C)(C)c7ccccc7-8)c7ccccc7cc6n4c35)c21. The first kappa shape index (κ1) is 31.5. The number of rotatable bonds is 2. The smallest absolute Gasteiger partial charge is 0.0620 e. The molecule has 57 heavy (non-hydrogen) atoms. The predicted molar refractivity (Wildman–Crippen MR) is 242 cm³/mol. The molecule has 2 aliphatic carbocycles. The Kier molecular flexibility index (Phi) is 5.84. The molecule has 2 aliphatic rings. The summed E-state index contributed by atoms with van der Waals surface area (Å²) in [5.74, 6) is 0. The van der Waals surface area contributed by atoms with Gasteiger partial charge in [0.25, 0.3) is 0 Å². The van der Waals surface area contributed by atoms with Gasteiger partial charge in [0.15, 0.2) is 0 Å². The van der Waals surface area contributed by atoms with Crippen molar-refractivity contribution in [2.24, 2.45) is 0 Å². The van der Waals surface area contributed by atoms with Crippen LogP contribution in [0.25, 0.3) is 104 Å². The van der Waals surface area contributed by atoms with Crippen LogP contribution in [0.1, 0.15) is 49.9 Å². The predicted octanol–water partition coefficient (Wildman–Crippen LogP) is 15.1. The average Bonchev–Trinajstić information content (AvgIpc) is 3.90. The van der Waals surface area contributed by atoms with Crippen molar-refractivity contribution in [2.45, 2.75) is 38.5 Å². The molecule has 9 aromatic carbocycles. The number of para-hydroxylation sites is 1. The zero-order chi connectivity index (χ0) is 37.9. The van der Waals surface area contributed by atoms with Gasteiger partial charge in [0.1, 0.15) is 0 Å².